The molecule has 228 valence electrons. The Bertz CT molecular complexity index is 952. The summed E-state index contributed by atoms with van der Waals surface area (Å²) < 4.78 is 0. The van der Waals surface area contributed by atoms with Gasteiger partial charge in [0.25, 0.3) is 0 Å². The number of carbonyl (C=O) groups excluding carboxylic acids is 3. The van der Waals surface area contributed by atoms with Crippen LogP contribution in [0.3, 0.4) is 0 Å². The number of benzene rings is 1. The van der Waals surface area contributed by atoms with E-state index in [1.807, 2.05) is 18.2 Å². The molecule has 0 heterocycles. The summed E-state index contributed by atoms with van der Waals surface area (Å²) >= 11 is 0. The number of rotatable bonds is 6. The summed E-state index contributed by atoms with van der Waals surface area (Å²) in [5, 5.41) is 9.44. The summed E-state index contributed by atoms with van der Waals surface area (Å²) in [5.74, 6) is 0.807. The van der Waals surface area contributed by atoms with E-state index in [0.29, 0.717) is 23.0 Å². The van der Waals surface area contributed by atoms with Crippen LogP contribution in [0, 0.1) is 29.1 Å². The molecule has 3 N–H and O–H groups in total. The van der Waals surface area contributed by atoms with Gasteiger partial charge in [-0.15, -0.1) is 0 Å². The number of carbonyl (C=O) groups is 3. The predicted molar refractivity (Wildman–Crippen MR) is 169 cm³/mol. The van der Waals surface area contributed by atoms with Gasteiger partial charge in [0.1, 0.15) is 0 Å². The molecular weight excluding hydrogens is 510 g/mol. The zero-order chi connectivity index (χ0) is 29.2. The Labute approximate surface area is 248 Å². The zero-order valence-electron chi connectivity index (χ0n) is 26.0. The van der Waals surface area contributed by atoms with Gasteiger partial charge in [0.2, 0.25) is 17.7 Å². The Kier molecular flexibility index (Phi) is 11.7. The number of anilines is 3. The molecule has 1 aromatic carbocycles. The molecule has 0 atom stereocenters. The molecule has 3 aliphatic carbocycles. The molecule has 41 heavy (non-hydrogen) atoms. The lowest BCUT2D eigenvalue weighted by atomic mass is 9.69. The molecule has 3 fully saturated rings. The maximum absolute atomic E-state index is 13.3. The summed E-state index contributed by atoms with van der Waals surface area (Å²) in [6.07, 6.45) is 19.3. The van der Waals surface area contributed by atoms with Crippen molar-refractivity contribution in [2.45, 2.75) is 136 Å². The van der Waals surface area contributed by atoms with E-state index in [4.69, 9.17) is 0 Å². The van der Waals surface area contributed by atoms with Gasteiger partial charge in [-0.3, -0.25) is 14.4 Å². The average molecular weight is 566 g/mol. The topological polar surface area (TPSA) is 87.3 Å². The summed E-state index contributed by atoms with van der Waals surface area (Å²) in [6.45, 7) is 6.88. The molecule has 0 radical (unpaired) electrons. The Hall–Kier alpha value is -2.37. The molecule has 6 nitrogen and oxygen atoms in total. The second-order valence-electron chi connectivity index (χ2n) is 14.3. The van der Waals surface area contributed by atoms with Gasteiger partial charge >= 0.3 is 0 Å². The summed E-state index contributed by atoms with van der Waals surface area (Å²) in [4.78, 5) is 39.9. The summed E-state index contributed by atoms with van der Waals surface area (Å²) in [5.41, 5.74) is 2.18. The number of hydrogen-bond acceptors (Lipinski definition) is 3. The fourth-order valence-corrected chi connectivity index (χ4v) is 7.24. The summed E-state index contributed by atoms with van der Waals surface area (Å²) in [6, 6.07) is 5.56. The van der Waals surface area contributed by atoms with Gasteiger partial charge in [0.15, 0.2) is 0 Å². The Morgan fingerprint density at radius 2 is 0.780 bits per heavy atom. The average Bonchev–Trinajstić information content (AvgIpc) is 2.87. The highest BCUT2D eigenvalue weighted by Crippen LogP contribution is 2.40. The van der Waals surface area contributed by atoms with Gasteiger partial charge in [-0.05, 0) is 80.9 Å². The normalized spacial score (nSPS) is 23.8. The quantitative estimate of drug-likeness (QED) is 0.321. The van der Waals surface area contributed by atoms with Crippen LogP contribution in [-0.2, 0) is 14.4 Å². The van der Waals surface area contributed by atoms with E-state index in [9.17, 15) is 14.4 Å². The van der Waals surface area contributed by atoms with Crippen molar-refractivity contribution in [2.24, 2.45) is 29.1 Å². The van der Waals surface area contributed by atoms with Crippen LogP contribution < -0.4 is 16.0 Å². The first-order valence-electron chi connectivity index (χ1n) is 16.8. The van der Waals surface area contributed by atoms with E-state index in [2.05, 4.69) is 36.7 Å². The first-order valence-corrected chi connectivity index (χ1v) is 16.8. The van der Waals surface area contributed by atoms with Crippen LogP contribution in [0.15, 0.2) is 18.2 Å². The number of amides is 3. The third kappa shape index (κ3) is 9.85. The van der Waals surface area contributed by atoms with E-state index in [1.165, 1.54) is 38.5 Å². The van der Waals surface area contributed by atoms with Crippen LogP contribution in [0.2, 0.25) is 0 Å². The van der Waals surface area contributed by atoms with Gasteiger partial charge in [-0.1, -0.05) is 85.0 Å². The first-order chi connectivity index (χ1) is 19.7. The molecule has 1 aromatic rings. The maximum Gasteiger partial charge on any atom is 0.227 e. The van der Waals surface area contributed by atoms with Crippen LogP contribution in [0.1, 0.15) is 136 Å². The lowest BCUT2D eigenvalue weighted by Crippen LogP contribution is -2.31. The Morgan fingerprint density at radius 1 is 0.488 bits per heavy atom. The standard InChI is InChI=1S/C35H55N3O3/c1-35(2,3)28-20-18-27(19-21-28)34(41)38-31-23-29(36-32(39)25-14-10-6-4-7-11-15-25)22-30(24-31)37-33(40)26-16-12-8-5-9-13-17-26/h22-28H,4-21H2,1-3H3,(H,36,39)(H,37,40)(H,38,41). The molecule has 0 spiro atoms. The van der Waals surface area contributed by atoms with Crippen molar-refractivity contribution in [1.29, 1.82) is 0 Å². The van der Waals surface area contributed by atoms with E-state index < -0.39 is 0 Å². The number of nitrogens with one attached hydrogen (secondary N) is 3. The molecule has 0 aliphatic heterocycles. The molecule has 3 aliphatic rings. The van der Waals surface area contributed by atoms with Crippen molar-refractivity contribution >= 4 is 34.8 Å². The second kappa shape index (κ2) is 15.2. The third-order valence-corrected chi connectivity index (χ3v) is 10.0. The minimum Gasteiger partial charge on any atom is -0.326 e. The minimum absolute atomic E-state index is 0.00487. The molecule has 0 aromatic heterocycles. The molecule has 4 rings (SSSR count). The minimum atomic E-state index is -0.00487. The fraction of sp³-hybridized carbons (Fsp3) is 0.743. The Balaban J connectivity index is 1.47. The van der Waals surface area contributed by atoms with Gasteiger partial charge in [0, 0.05) is 34.8 Å². The maximum atomic E-state index is 13.3. The van der Waals surface area contributed by atoms with E-state index in [-0.39, 0.29) is 40.9 Å². The predicted octanol–water partition coefficient (Wildman–Crippen LogP) is 9.08. The van der Waals surface area contributed by atoms with Crippen molar-refractivity contribution in [3.8, 4) is 0 Å². The Morgan fingerprint density at radius 3 is 1.10 bits per heavy atom. The molecule has 3 amide bonds. The van der Waals surface area contributed by atoms with Crippen molar-refractivity contribution in [2.75, 3.05) is 16.0 Å². The highest BCUT2D eigenvalue weighted by Gasteiger charge is 2.32. The van der Waals surface area contributed by atoms with Gasteiger partial charge in [-0.25, -0.2) is 0 Å². The van der Waals surface area contributed by atoms with Crippen molar-refractivity contribution in [1.82, 2.24) is 0 Å². The van der Waals surface area contributed by atoms with E-state index >= 15 is 0 Å². The molecule has 3 saturated carbocycles. The van der Waals surface area contributed by atoms with Crippen molar-refractivity contribution in [3.05, 3.63) is 18.2 Å². The van der Waals surface area contributed by atoms with Crippen LogP contribution in [-0.4, -0.2) is 17.7 Å². The highest BCUT2D eigenvalue weighted by atomic mass is 16.2. The molecular formula is C35H55N3O3. The van der Waals surface area contributed by atoms with Crippen LogP contribution in [0.5, 0.6) is 0 Å². The number of hydrogen-bond donors (Lipinski definition) is 3. The lowest BCUT2D eigenvalue weighted by molar-refractivity contribution is -0.121. The highest BCUT2D eigenvalue weighted by molar-refractivity contribution is 5.99. The third-order valence-electron chi connectivity index (χ3n) is 10.0. The van der Waals surface area contributed by atoms with Crippen LogP contribution >= 0.6 is 0 Å². The van der Waals surface area contributed by atoms with Crippen LogP contribution in [0.4, 0.5) is 17.1 Å². The lowest BCUT2D eigenvalue weighted by Gasteiger charge is -2.36. The molecule has 0 unspecified atom stereocenters. The zero-order valence-corrected chi connectivity index (χ0v) is 26.0. The molecule has 0 saturated heterocycles. The fourth-order valence-electron chi connectivity index (χ4n) is 7.24. The van der Waals surface area contributed by atoms with Crippen LogP contribution in [0.25, 0.3) is 0 Å². The molecule has 0 bridgehead atoms. The monoisotopic (exact) mass is 565 g/mol. The van der Waals surface area contributed by atoms with E-state index in [1.54, 1.807) is 0 Å². The van der Waals surface area contributed by atoms with Crippen molar-refractivity contribution in [3.63, 3.8) is 0 Å². The second-order valence-corrected chi connectivity index (χ2v) is 14.3. The smallest absolute Gasteiger partial charge is 0.227 e. The van der Waals surface area contributed by atoms with Crippen molar-refractivity contribution < 1.29 is 14.4 Å². The van der Waals surface area contributed by atoms with Gasteiger partial charge < -0.3 is 16.0 Å². The SMILES string of the molecule is CC(C)(C)C1CCC(C(=O)Nc2cc(NC(=O)C3CCCCCCC3)cc(NC(=O)C3CCCCCCC3)c2)CC1. The largest absolute Gasteiger partial charge is 0.326 e. The van der Waals surface area contributed by atoms with E-state index in [0.717, 1.165) is 77.0 Å². The van der Waals surface area contributed by atoms with Gasteiger partial charge in [0.05, 0.1) is 0 Å². The molecule has 6 heteroatoms. The summed E-state index contributed by atoms with van der Waals surface area (Å²) in [7, 11) is 0. The van der Waals surface area contributed by atoms with Gasteiger partial charge in [-0.2, -0.15) is 0 Å². The first kappa shape index (κ1) is 31.6.